The molecule has 1 aromatic carbocycles. The number of benzene rings is 1. The van der Waals surface area contributed by atoms with Crippen molar-refractivity contribution in [2.24, 2.45) is 0 Å². The first-order valence-electron chi connectivity index (χ1n) is 6.97. The van der Waals surface area contributed by atoms with E-state index in [0.29, 0.717) is 21.9 Å². The van der Waals surface area contributed by atoms with E-state index in [9.17, 15) is 4.21 Å². The fraction of sp³-hybridized carbons (Fsp3) is 0.533. The van der Waals surface area contributed by atoms with Crippen LogP contribution < -0.4 is 5.32 Å². The summed E-state index contributed by atoms with van der Waals surface area (Å²) in [4.78, 5) is 0. The van der Waals surface area contributed by atoms with Gasteiger partial charge < -0.3 is 5.32 Å². The first-order chi connectivity index (χ1) is 9.63. The van der Waals surface area contributed by atoms with Crippen molar-refractivity contribution in [2.75, 3.05) is 11.1 Å². The third kappa shape index (κ3) is 3.74. The molecule has 0 bridgehead atoms. The summed E-state index contributed by atoms with van der Waals surface area (Å²) in [5.74, 6) is 0.736. The summed E-state index contributed by atoms with van der Waals surface area (Å²) in [6, 6.07) is 7.80. The van der Waals surface area contributed by atoms with Crippen LogP contribution in [0.15, 0.2) is 18.2 Å². The van der Waals surface area contributed by atoms with Crippen LogP contribution in [0, 0.1) is 11.3 Å². The van der Waals surface area contributed by atoms with Gasteiger partial charge in [0.1, 0.15) is 6.07 Å². The molecule has 0 radical (unpaired) electrons. The van der Waals surface area contributed by atoms with E-state index < -0.39 is 10.8 Å². The standard InChI is InChI=1S/C15H19ClN2OS/c1-2-20(19)14-5-3-4-12(8-14)18-13-7-6-11(10-17)15(16)9-13/h6-7,9,12,14,18H,2-5,8H2,1H3. The molecule has 0 amide bonds. The Morgan fingerprint density at radius 2 is 2.30 bits per heavy atom. The molecule has 1 N–H and O–H groups in total. The molecule has 0 spiro atoms. The van der Waals surface area contributed by atoms with Crippen LogP contribution in [0.25, 0.3) is 0 Å². The lowest BCUT2D eigenvalue weighted by molar-refractivity contribution is 0.465. The van der Waals surface area contributed by atoms with Gasteiger partial charge in [0.15, 0.2) is 0 Å². The van der Waals surface area contributed by atoms with E-state index in [-0.39, 0.29) is 0 Å². The van der Waals surface area contributed by atoms with Crippen molar-refractivity contribution in [1.82, 2.24) is 0 Å². The lowest BCUT2D eigenvalue weighted by Gasteiger charge is -2.29. The Morgan fingerprint density at radius 3 is 2.95 bits per heavy atom. The lowest BCUT2D eigenvalue weighted by atomic mass is 9.94. The van der Waals surface area contributed by atoms with Crippen molar-refractivity contribution in [2.45, 2.75) is 43.9 Å². The molecular weight excluding hydrogens is 292 g/mol. The van der Waals surface area contributed by atoms with Crippen LogP contribution in [-0.2, 0) is 10.8 Å². The van der Waals surface area contributed by atoms with E-state index >= 15 is 0 Å². The third-order valence-corrected chi connectivity index (χ3v) is 5.80. The van der Waals surface area contributed by atoms with E-state index in [1.807, 2.05) is 13.0 Å². The second kappa shape index (κ2) is 7.10. The molecule has 108 valence electrons. The third-order valence-electron chi connectivity index (χ3n) is 3.74. The van der Waals surface area contributed by atoms with E-state index in [1.165, 1.54) is 0 Å². The Bertz CT molecular complexity index is 541. The average Bonchev–Trinajstić information content (AvgIpc) is 2.47. The van der Waals surface area contributed by atoms with Crippen molar-refractivity contribution >= 4 is 28.1 Å². The number of nitrogens with one attached hydrogen (secondary N) is 1. The van der Waals surface area contributed by atoms with Crippen LogP contribution in [0.4, 0.5) is 5.69 Å². The molecule has 0 saturated heterocycles. The molecule has 0 aliphatic heterocycles. The number of nitriles is 1. The summed E-state index contributed by atoms with van der Waals surface area (Å²) < 4.78 is 11.9. The number of hydrogen-bond donors (Lipinski definition) is 1. The Kier molecular flexibility index (Phi) is 5.45. The molecule has 1 aromatic rings. The molecule has 3 unspecified atom stereocenters. The molecule has 1 aliphatic rings. The fourth-order valence-electron chi connectivity index (χ4n) is 2.68. The van der Waals surface area contributed by atoms with E-state index in [4.69, 9.17) is 16.9 Å². The second-order valence-electron chi connectivity index (χ2n) is 5.11. The number of rotatable bonds is 4. The van der Waals surface area contributed by atoms with Gasteiger partial charge in [-0.05, 0) is 37.5 Å². The van der Waals surface area contributed by atoms with Gasteiger partial charge in [-0.3, -0.25) is 4.21 Å². The Morgan fingerprint density at radius 1 is 1.50 bits per heavy atom. The molecular formula is C15H19ClN2OS. The smallest absolute Gasteiger partial charge is 0.101 e. The predicted molar refractivity (Wildman–Crippen MR) is 84.5 cm³/mol. The van der Waals surface area contributed by atoms with Gasteiger partial charge >= 0.3 is 0 Å². The zero-order valence-corrected chi connectivity index (χ0v) is 13.1. The minimum atomic E-state index is -0.711. The maximum Gasteiger partial charge on any atom is 0.101 e. The van der Waals surface area contributed by atoms with Crippen LogP contribution in [-0.4, -0.2) is 21.3 Å². The second-order valence-corrected chi connectivity index (χ2v) is 7.52. The van der Waals surface area contributed by atoms with Crippen molar-refractivity contribution in [3.63, 3.8) is 0 Å². The predicted octanol–water partition coefficient (Wildman–Crippen LogP) is 3.70. The first kappa shape index (κ1) is 15.3. The zero-order valence-electron chi connectivity index (χ0n) is 11.6. The Labute approximate surface area is 127 Å². The molecule has 1 fully saturated rings. The van der Waals surface area contributed by atoms with Gasteiger partial charge in [0.2, 0.25) is 0 Å². The molecule has 20 heavy (non-hydrogen) atoms. The summed E-state index contributed by atoms with van der Waals surface area (Å²) in [6.07, 6.45) is 4.21. The number of nitrogens with zero attached hydrogens (tertiary/aromatic N) is 1. The maximum atomic E-state index is 11.9. The van der Waals surface area contributed by atoms with Crippen LogP contribution in [0.2, 0.25) is 5.02 Å². The van der Waals surface area contributed by atoms with Crippen LogP contribution in [0.5, 0.6) is 0 Å². The summed E-state index contributed by atoms with van der Waals surface area (Å²) in [6.45, 7) is 1.98. The molecule has 0 aromatic heterocycles. The molecule has 2 rings (SSSR count). The highest BCUT2D eigenvalue weighted by Crippen LogP contribution is 2.27. The average molecular weight is 311 g/mol. The highest BCUT2D eigenvalue weighted by Gasteiger charge is 2.25. The Hall–Kier alpha value is -1.05. The van der Waals surface area contributed by atoms with E-state index in [1.54, 1.807) is 12.1 Å². The van der Waals surface area contributed by atoms with Gasteiger partial charge in [0, 0.05) is 33.5 Å². The molecule has 1 aliphatic carbocycles. The summed E-state index contributed by atoms with van der Waals surface area (Å²) in [5.41, 5.74) is 1.42. The highest BCUT2D eigenvalue weighted by atomic mass is 35.5. The molecule has 0 heterocycles. The number of hydrogen-bond acceptors (Lipinski definition) is 3. The van der Waals surface area contributed by atoms with Crippen LogP contribution in [0.3, 0.4) is 0 Å². The molecule has 3 nitrogen and oxygen atoms in total. The highest BCUT2D eigenvalue weighted by molar-refractivity contribution is 7.85. The van der Waals surface area contributed by atoms with Crippen LogP contribution >= 0.6 is 11.6 Å². The van der Waals surface area contributed by atoms with Gasteiger partial charge in [-0.15, -0.1) is 0 Å². The summed E-state index contributed by atoms with van der Waals surface area (Å²) in [7, 11) is -0.711. The van der Waals surface area contributed by atoms with E-state index in [2.05, 4.69) is 11.4 Å². The zero-order chi connectivity index (χ0) is 14.5. The monoisotopic (exact) mass is 310 g/mol. The SMILES string of the molecule is CCS(=O)C1CCCC(Nc2ccc(C#N)c(Cl)c2)C1. The maximum absolute atomic E-state index is 11.9. The quantitative estimate of drug-likeness (QED) is 0.922. The van der Waals surface area contributed by atoms with Gasteiger partial charge in [0.05, 0.1) is 10.6 Å². The number of anilines is 1. The number of halogens is 1. The summed E-state index contributed by atoms with van der Waals surface area (Å²) >= 11 is 6.04. The van der Waals surface area contributed by atoms with Gasteiger partial charge in [-0.25, -0.2) is 0 Å². The first-order valence-corrected chi connectivity index (χ1v) is 8.73. The Balaban J connectivity index is 2.01. The normalized spacial score (nSPS) is 23.9. The van der Waals surface area contributed by atoms with Crippen LogP contribution in [0.1, 0.15) is 38.2 Å². The minimum absolute atomic E-state index is 0.306. The fourth-order valence-corrected chi connectivity index (χ4v) is 4.25. The van der Waals surface area contributed by atoms with Gasteiger partial charge in [-0.2, -0.15) is 5.26 Å². The van der Waals surface area contributed by atoms with Crippen molar-refractivity contribution in [1.29, 1.82) is 5.26 Å². The molecule has 5 heteroatoms. The van der Waals surface area contributed by atoms with E-state index in [0.717, 1.165) is 37.1 Å². The molecule has 3 atom stereocenters. The van der Waals surface area contributed by atoms with Crippen molar-refractivity contribution in [3.8, 4) is 6.07 Å². The minimum Gasteiger partial charge on any atom is -0.382 e. The van der Waals surface area contributed by atoms with Crippen molar-refractivity contribution in [3.05, 3.63) is 28.8 Å². The van der Waals surface area contributed by atoms with Crippen molar-refractivity contribution < 1.29 is 4.21 Å². The molecule has 1 saturated carbocycles. The van der Waals surface area contributed by atoms with Gasteiger partial charge in [-0.1, -0.05) is 24.9 Å². The lowest BCUT2D eigenvalue weighted by Crippen LogP contribution is -2.32. The van der Waals surface area contributed by atoms with Gasteiger partial charge in [0.25, 0.3) is 0 Å². The summed E-state index contributed by atoms with van der Waals surface area (Å²) in [5, 5.41) is 13.1. The largest absolute Gasteiger partial charge is 0.382 e. The topological polar surface area (TPSA) is 52.9 Å².